The quantitative estimate of drug-likeness (QED) is 0.724. The predicted octanol–water partition coefficient (Wildman–Crippen LogP) is 0.311. The van der Waals surface area contributed by atoms with Gasteiger partial charge in [-0.3, -0.25) is 0 Å². The van der Waals surface area contributed by atoms with E-state index in [1.54, 1.807) is 0 Å². The number of nitrogens with two attached hydrogens (primary N) is 1. The van der Waals surface area contributed by atoms with Gasteiger partial charge in [-0.2, -0.15) is 13.2 Å². The summed E-state index contributed by atoms with van der Waals surface area (Å²) in [5.74, 6) is -1.78. The maximum absolute atomic E-state index is 12.1. The van der Waals surface area contributed by atoms with Crippen LogP contribution in [0.4, 0.5) is 13.2 Å². The van der Waals surface area contributed by atoms with E-state index in [0.29, 0.717) is 0 Å². The van der Waals surface area contributed by atoms with Crippen LogP contribution in [0.3, 0.4) is 0 Å². The van der Waals surface area contributed by atoms with Crippen LogP contribution in [0.1, 0.15) is 6.42 Å². The third kappa shape index (κ3) is 1.54. The Kier molecular flexibility index (Phi) is 2.16. The first-order valence-corrected chi connectivity index (χ1v) is 5.51. The smallest absolute Gasteiger partial charge is 0.329 e. The second-order valence-electron chi connectivity index (χ2n) is 3.34. The Balaban J connectivity index is 2.95. The first-order chi connectivity index (χ1) is 5.65. The molecule has 78 valence electrons. The fraction of sp³-hybridized carbons (Fsp3) is 1.00. The minimum Gasteiger partial charge on any atom is -0.329 e. The molecule has 1 saturated carbocycles. The van der Waals surface area contributed by atoms with Crippen LogP contribution in [0.15, 0.2) is 0 Å². The van der Waals surface area contributed by atoms with Crippen molar-refractivity contribution in [1.82, 2.24) is 0 Å². The molecule has 1 fully saturated rings. The van der Waals surface area contributed by atoms with E-state index < -0.39 is 39.6 Å². The lowest BCUT2D eigenvalue weighted by Crippen LogP contribution is -2.36. The summed E-state index contributed by atoms with van der Waals surface area (Å²) in [6.07, 6.45) is -4.06. The molecule has 0 aliphatic heterocycles. The minimum atomic E-state index is -4.46. The third-order valence-corrected chi connectivity index (χ3v) is 4.60. The summed E-state index contributed by atoms with van der Waals surface area (Å²) < 4.78 is 56.7. The molecule has 7 heteroatoms. The number of hydrogen-bond acceptors (Lipinski definition) is 3. The molecule has 13 heavy (non-hydrogen) atoms. The third-order valence-electron chi connectivity index (χ3n) is 2.50. The highest BCUT2D eigenvalue weighted by Crippen LogP contribution is 2.57. The van der Waals surface area contributed by atoms with Gasteiger partial charge in [0.05, 0.1) is 10.7 Å². The lowest BCUT2D eigenvalue weighted by Gasteiger charge is -2.14. The zero-order valence-electron chi connectivity index (χ0n) is 6.93. The Morgan fingerprint density at radius 2 is 2.00 bits per heavy atom. The van der Waals surface area contributed by atoms with Crippen LogP contribution >= 0.6 is 0 Å². The molecule has 3 nitrogen and oxygen atoms in total. The van der Waals surface area contributed by atoms with Crippen molar-refractivity contribution < 1.29 is 21.6 Å². The lowest BCUT2D eigenvalue weighted by atomic mass is 10.3. The summed E-state index contributed by atoms with van der Waals surface area (Å²) in [5.41, 5.74) is 5.06. The normalized spacial score (nSPS) is 34.7. The molecule has 0 heterocycles. The maximum Gasteiger partial charge on any atom is 0.393 e. The van der Waals surface area contributed by atoms with Crippen molar-refractivity contribution in [2.45, 2.75) is 17.3 Å². The van der Waals surface area contributed by atoms with Gasteiger partial charge in [0, 0.05) is 12.8 Å². The van der Waals surface area contributed by atoms with Gasteiger partial charge in [0.1, 0.15) is 0 Å². The average Bonchev–Trinajstić information content (AvgIpc) is 2.57. The molecule has 0 aromatic heterocycles. The topological polar surface area (TPSA) is 60.2 Å². The van der Waals surface area contributed by atoms with Gasteiger partial charge in [0.15, 0.2) is 9.84 Å². The molecule has 0 aromatic rings. The molecule has 2 N–H and O–H groups in total. The van der Waals surface area contributed by atoms with Gasteiger partial charge in [-0.05, 0) is 6.42 Å². The van der Waals surface area contributed by atoms with Crippen LogP contribution in [0, 0.1) is 5.92 Å². The molecule has 1 aliphatic rings. The van der Waals surface area contributed by atoms with Crippen LogP contribution in [-0.2, 0) is 9.84 Å². The minimum absolute atomic E-state index is 0.397. The van der Waals surface area contributed by atoms with Gasteiger partial charge in [-0.25, -0.2) is 8.42 Å². The van der Waals surface area contributed by atoms with Gasteiger partial charge in [0.2, 0.25) is 0 Å². The lowest BCUT2D eigenvalue weighted by molar-refractivity contribution is -0.149. The summed E-state index contributed by atoms with van der Waals surface area (Å²) in [6.45, 7) is -0.462. The van der Waals surface area contributed by atoms with Crippen LogP contribution in [0.2, 0.25) is 0 Å². The molecular weight excluding hydrogens is 207 g/mol. The molecule has 0 bridgehead atoms. The molecule has 1 rings (SSSR count). The van der Waals surface area contributed by atoms with Crippen LogP contribution in [0.5, 0.6) is 0 Å². The van der Waals surface area contributed by atoms with E-state index in [1.165, 1.54) is 0 Å². The average molecular weight is 217 g/mol. The van der Waals surface area contributed by atoms with Crippen molar-refractivity contribution in [3.05, 3.63) is 0 Å². The number of rotatable bonds is 2. The fourth-order valence-corrected chi connectivity index (χ4v) is 2.91. The second kappa shape index (κ2) is 2.60. The Morgan fingerprint density at radius 1 is 1.54 bits per heavy atom. The van der Waals surface area contributed by atoms with Gasteiger partial charge >= 0.3 is 6.18 Å². The van der Waals surface area contributed by atoms with E-state index in [2.05, 4.69) is 0 Å². The SMILES string of the molecule is CS(=O)(=O)[C@]1(CN)C[C@H]1C(F)(F)F. The molecule has 0 aromatic carbocycles. The summed E-state index contributed by atoms with van der Waals surface area (Å²) in [6, 6.07) is 0. The Bertz CT molecular complexity index is 310. The zero-order valence-corrected chi connectivity index (χ0v) is 7.74. The number of sulfone groups is 1. The summed E-state index contributed by atoms with van der Waals surface area (Å²) >= 11 is 0. The molecule has 2 atom stereocenters. The largest absolute Gasteiger partial charge is 0.393 e. The van der Waals surface area contributed by atoms with Crippen LogP contribution in [-0.4, -0.2) is 32.1 Å². The first-order valence-electron chi connectivity index (χ1n) is 3.61. The van der Waals surface area contributed by atoms with Gasteiger partial charge in [0.25, 0.3) is 0 Å². The Labute approximate surface area is 74.0 Å². The zero-order chi connectivity index (χ0) is 10.5. The fourth-order valence-electron chi connectivity index (χ4n) is 1.49. The second-order valence-corrected chi connectivity index (χ2v) is 5.70. The molecule has 0 amide bonds. The highest BCUT2D eigenvalue weighted by molar-refractivity contribution is 7.92. The highest BCUT2D eigenvalue weighted by atomic mass is 32.2. The van der Waals surface area contributed by atoms with E-state index in [0.717, 1.165) is 6.26 Å². The van der Waals surface area contributed by atoms with Crippen molar-refractivity contribution >= 4 is 9.84 Å². The molecule has 0 spiro atoms. The van der Waals surface area contributed by atoms with Crippen LogP contribution in [0.25, 0.3) is 0 Å². The standard InChI is InChI=1S/C6H10F3NO2S/c1-13(11,12)5(3-10)2-4(5)6(7,8)9/h4H,2-3,10H2,1H3/t4-,5+/m1/s1. The van der Waals surface area contributed by atoms with Gasteiger partial charge in [-0.1, -0.05) is 0 Å². The van der Waals surface area contributed by atoms with E-state index >= 15 is 0 Å². The summed E-state index contributed by atoms with van der Waals surface area (Å²) in [4.78, 5) is 0. The monoisotopic (exact) mass is 217 g/mol. The molecule has 0 saturated heterocycles. The van der Waals surface area contributed by atoms with E-state index in [1.807, 2.05) is 0 Å². The predicted molar refractivity (Wildman–Crippen MR) is 40.8 cm³/mol. The van der Waals surface area contributed by atoms with Gasteiger partial charge < -0.3 is 5.73 Å². The van der Waals surface area contributed by atoms with E-state index in [-0.39, 0.29) is 0 Å². The summed E-state index contributed by atoms with van der Waals surface area (Å²) in [5, 5.41) is 0. The molecule has 0 radical (unpaired) electrons. The van der Waals surface area contributed by atoms with Crippen molar-refractivity contribution in [3.8, 4) is 0 Å². The molecule has 1 aliphatic carbocycles. The molecule has 0 unspecified atom stereocenters. The van der Waals surface area contributed by atoms with E-state index in [4.69, 9.17) is 5.73 Å². The maximum atomic E-state index is 12.1. The van der Waals surface area contributed by atoms with Crippen LogP contribution < -0.4 is 5.73 Å². The van der Waals surface area contributed by atoms with Crippen molar-refractivity contribution in [2.24, 2.45) is 11.7 Å². The van der Waals surface area contributed by atoms with Crippen molar-refractivity contribution in [1.29, 1.82) is 0 Å². The number of halogens is 3. The Hall–Kier alpha value is -0.300. The number of hydrogen-bond donors (Lipinski definition) is 1. The van der Waals surface area contributed by atoms with E-state index in [9.17, 15) is 21.6 Å². The van der Waals surface area contributed by atoms with Crippen molar-refractivity contribution in [2.75, 3.05) is 12.8 Å². The summed E-state index contributed by atoms with van der Waals surface area (Å²) in [7, 11) is -3.72. The van der Waals surface area contributed by atoms with Crippen molar-refractivity contribution in [3.63, 3.8) is 0 Å². The molecular formula is C6H10F3NO2S. The van der Waals surface area contributed by atoms with Gasteiger partial charge in [-0.15, -0.1) is 0 Å². The number of alkyl halides is 3. The first kappa shape index (κ1) is 10.8. The highest BCUT2D eigenvalue weighted by Gasteiger charge is 2.71. The Morgan fingerprint density at radius 3 is 2.08 bits per heavy atom.